The summed E-state index contributed by atoms with van der Waals surface area (Å²) >= 11 is 0. The number of pyridine rings is 1. The van der Waals surface area contributed by atoms with Crippen molar-refractivity contribution in [3.05, 3.63) is 84.6 Å². The molecule has 0 N–H and O–H groups in total. The Kier molecular flexibility index (Phi) is 3.85. The number of nitriles is 1. The molecule has 120 valence electrons. The van der Waals surface area contributed by atoms with Crippen LogP contribution in [0, 0.1) is 11.3 Å². The molecular weight excluding hydrogens is 312 g/mol. The number of ether oxygens (including phenoxy) is 1. The zero-order valence-electron chi connectivity index (χ0n) is 13.3. The molecule has 0 aliphatic heterocycles. The fourth-order valence-electron chi connectivity index (χ4n) is 2.68. The molecule has 25 heavy (non-hydrogen) atoms. The van der Waals surface area contributed by atoms with Crippen molar-refractivity contribution in [2.24, 2.45) is 0 Å². The van der Waals surface area contributed by atoms with Gasteiger partial charge in [-0.05, 0) is 42.0 Å². The minimum Gasteiger partial charge on any atom is -0.456 e. The molecule has 5 heteroatoms. The first kappa shape index (κ1) is 14.9. The van der Waals surface area contributed by atoms with Gasteiger partial charge in [-0.1, -0.05) is 12.1 Å². The van der Waals surface area contributed by atoms with Crippen molar-refractivity contribution >= 4 is 10.9 Å². The van der Waals surface area contributed by atoms with Gasteiger partial charge < -0.3 is 9.30 Å². The maximum atomic E-state index is 9.36. The Morgan fingerprint density at radius 3 is 2.88 bits per heavy atom. The number of rotatable bonds is 4. The van der Waals surface area contributed by atoms with Crippen molar-refractivity contribution < 1.29 is 4.74 Å². The van der Waals surface area contributed by atoms with E-state index in [9.17, 15) is 5.26 Å². The Morgan fingerprint density at radius 2 is 2.04 bits per heavy atom. The van der Waals surface area contributed by atoms with Gasteiger partial charge in [0.15, 0.2) is 0 Å². The number of aromatic nitrogens is 3. The number of hydrogen-bond donors (Lipinski definition) is 0. The summed E-state index contributed by atoms with van der Waals surface area (Å²) in [6, 6.07) is 17.3. The van der Waals surface area contributed by atoms with Crippen molar-refractivity contribution in [3.63, 3.8) is 0 Å². The Hall–Kier alpha value is -3.65. The molecule has 0 saturated carbocycles. The average Bonchev–Trinajstić information content (AvgIpc) is 3.15. The van der Waals surface area contributed by atoms with Crippen LogP contribution in [-0.2, 0) is 6.54 Å². The maximum Gasteiger partial charge on any atom is 0.145 e. The standard InChI is InChI=1S/C20H14N4O/c21-12-17-4-3-15(13-24-9-8-22-14-24)10-20(17)25-18-5-6-19-16(11-18)2-1-7-23-19/h1-11,14H,13H2. The number of benzene rings is 2. The number of fused-ring (bicyclic) bond motifs is 1. The average molecular weight is 326 g/mol. The van der Waals surface area contributed by atoms with Crippen LogP contribution in [0.3, 0.4) is 0 Å². The van der Waals surface area contributed by atoms with E-state index in [2.05, 4.69) is 16.0 Å². The lowest BCUT2D eigenvalue weighted by Gasteiger charge is -2.10. The quantitative estimate of drug-likeness (QED) is 0.565. The lowest BCUT2D eigenvalue weighted by molar-refractivity contribution is 0.481. The zero-order valence-corrected chi connectivity index (χ0v) is 13.3. The van der Waals surface area contributed by atoms with Gasteiger partial charge in [-0.25, -0.2) is 4.98 Å². The van der Waals surface area contributed by atoms with Gasteiger partial charge in [0.25, 0.3) is 0 Å². The number of nitrogens with zero attached hydrogens (tertiary/aromatic N) is 4. The summed E-state index contributed by atoms with van der Waals surface area (Å²) in [6.45, 7) is 0.670. The highest BCUT2D eigenvalue weighted by molar-refractivity contribution is 5.79. The predicted molar refractivity (Wildman–Crippen MR) is 94.3 cm³/mol. The van der Waals surface area contributed by atoms with Crippen LogP contribution < -0.4 is 4.74 Å². The molecule has 4 aromatic rings. The molecular formula is C20H14N4O. The summed E-state index contributed by atoms with van der Waals surface area (Å²) in [5.74, 6) is 1.22. The van der Waals surface area contributed by atoms with Gasteiger partial charge in [0, 0.05) is 30.5 Å². The number of hydrogen-bond acceptors (Lipinski definition) is 4. The zero-order chi connectivity index (χ0) is 17.1. The molecule has 0 spiro atoms. The molecule has 0 aliphatic rings. The summed E-state index contributed by atoms with van der Waals surface area (Å²) in [5.41, 5.74) is 2.44. The van der Waals surface area contributed by atoms with E-state index in [1.165, 1.54) is 0 Å². The molecule has 0 fully saturated rings. The highest BCUT2D eigenvalue weighted by atomic mass is 16.5. The highest BCUT2D eigenvalue weighted by Gasteiger charge is 2.08. The topological polar surface area (TPSA) is 63.7 Å². The summed E-state index contributed by atoms with van der Waals surface area (Å²) < 4.78 is 7.96. The van der Waals surface area contributed by atoms with Crippen LogP contribution in [0.4, 0.5) is 0 Å². The molecule has 0 atom stereocenters. The third-order valence-corrected chi connectivity index (χ3v) is 3.89. The monoisotopic (exact) mass is 326 g/mol. The van der Waals surface area contributed by atoms with Crippen molar-refractivity contribution in [3.8, 4) is 17.6 Å². The minimum absolute atomic E-state index is 0.501. The largest absolute Gasteiger partial charge is 0.456 e. The fourth-order valence-corrected chi connectivity index (χ4v) is 2.68. The second kappa shape index (κ2) is 6.46. The third kappa shape index (κ3) is 3.19. The molecule has 2 heterocycles. The molecule has 0 amide bonds. The van der Waals surface area contributed by atoms with Gasteiger partial charge in [-0.3, -0.25) is 4.98 Å². The molecule has 0 saturated heterocycles. The van der Waals surface area contributed by atoms with Crippen LogP contribution >= 0.6 is 0 Å². The second-order valence-electron chi connectivity index (χ2n) is 5.64. The SMILES string of the molecule is N#Cc1ccc(Cn2ccnc2)cc1Oc1ccc2ncccc2c1. The van der Waals surface area contributed by atoms with E-state index in [0.717, 1.165) is 16.5 Å². The van der Waals surface area contributed by atoms with Crippen LogP contribution in [0.5, 0.6) is 11.5 Å². The Labute approximate surface area is 144 Å². The molecule has 2 aromatic carbocycles. The molecule has 0 radical (unpaired) electrons. The van der Waals surface area contributed by atoms with Crippen molar-refractivity contribution in [2.45, 2.75) is 6.54 Å². The van der Waals surface area contributed by atoms with Crippen LogP contribution in [0.15, 0.2) is 73.4 Å². The Bertz CT molecular complexity index is 1060. The lowest BCUT2D eigenvalue weighted by atomic mass is 10.1. The minimum atomic E-state index is 0.501. The van der Waals surface area contributed by atoms with E-state index in [1.807, 2.05) is 53.2 Å². The summed E-state index contributed by atoms with van der Waals surface area (Å²) in [5, 5.41) is 10.4. The van der Waals surface area contributed by atoms with Gasteiger partial charge in [0.2, 0.25) is 0 Å². The third-order valence-electron chi connectivity index (χ3n) is 3.89. The van der Waals surface area contributed by atoms with E-state index >= 15 is 0 Å². The second-order valence-corrected chi connectivity index (χ2v) is 5.64. The van der Waals surface area contributed by atoms with E-state index in [-0.39, 0.29) is 0 Å². The van der Waals surface area contributed by atoms with E-state index in [0.29, 0.717) is 23.6 Å². The van der Waals surface area contributed by atoms with Crippen LogP contribution in [0.25, 0.3) is 10.9 Å². The molecule has 0 unspecified atom stereocenters. The molecule has 5 nitrogen and oxygen atoms in total. The van der Waals surface area contributed by atoms with Gasteiger partial charge >= 0.3 is 0 Å². The molecule has 0 aliphatic carbocycles. The predicted octanol–water partition coefficient (Wildman–Crippen LogP) is 4.14. The van der Waals surface area contributed by atoms with E-state index in [1.54, 1.807) is 24.8 Å². The Morgan fingerprint density at radius 1 is 1.08 bits per heavy atom. The van der Waals surface area contributed by atoms with E-state index < -0.39 is 0 Å². The first-order valence-corrected chi connectivity index (χ1v) is 7.83. The normalized spacial score (nSPS) is 10.5. The molecule has 0 bridgehead atoms. The summed E-state index contributed by atoms with van der Waals surface area (Å²) in [7, 11) is 0. The fraction of sp³-hybridized carbons (Fsp3) is 0.0500. The van der Waals surface area contributed by atoms with E-state index in [4.69, 9.17) is 4.74 Å². The van der Waals surface area contributed by atoms with Crippen LogP contribution in [0.2, 0.25) is 0 Å². The van der Waals surface area contributed by atoms with Crippen LogP contribution in [0.1, 0.15) is 11.1 Å². The molecule has 4 rings (SSSR count). The number of imidazole rings is 1. The lowest BCUT2D eigenvalue weighted by Crippen LogP contribution is -1.98. The van der Waals surface area contributed by atoms with Gasteiger partial charge in [-0.2, -0.15) is 5.26 Å². The van der Waals surface area contributed by atoms with Crippen LogP contribution in [-0.4, -0.2) is 14.5 Å². The maximum absolute atomic E-state index is 9.36. The first-order valence-electron chi connectivity index (χ1n) is 7.83. The summed E-state index contributed by atoms with van der Waals surface area (Å²) in [6.07, 6.45) is 7.16. The van der Waals surface area contributed by atoms with Crippen molar-refractivity contribution in [1.29, 1.82) is 5.26 Å². The van der Waals surface area contributed by atoms with Crippen molar-refractivity contribution in [1.82, 2.24) is 14.5 Å². The smallest absolute Gasteiger partial charge is 0.145 e. The summed E-state index contributed by atoms with van der Waals surface area (Å²) in [4.78, 5) is 8.35. The van der Waals surface area contributed by atoms with Crippen molar-refractivity contribution in [2.75, 3.05) is 0 Å². The van der Waals surface area contributed by atoms with Gasteiger partial charge in [0.05, 0.1) is 17.4 Å². The van der Waals surface area contributed by atoms with Gasteiger partial charge in [0.1, 0.15) is 17.6 Å². The highest BCUT2D eigenvalue weighted by Crippen LogP contribution is 2.28. The first-order chi connectivity index (χ1) is 12.3. The van der Waals surface area contributed by atoms with Gasteiger partial charge in [-0.15, -0.1) is 0 Å². The molecule has 2 aromatic heterocycles. The Balaban J connectivity index is 1.66.